The molecular formula is C48H65N9O5. The number of morpholine rings is 1. The van der Waals surface area contributed by atoms with Gasteiger partial charge in [0.2, 0.25) is 5.91 Å². The number of benzene rings is 3. The van der Waals surface area contributed by atoms with Crippen LogP contribution in [0.5, 0.6) is 0 Å². The number of aliphatic hydroxyl groups excluding tert-OH is 1. The lowest BCUT2D eigenvalue weighted by molar-refractivity contribution is -0.120. The molecule has 0 bridgehead atoms. The van der Waals surface area contributed by atoms with Gasteiger partial charge in [0.25, 0.3) is 5.91 Å². The van der Waals surface area contributed by atoms with Crippen LogP contribution in [0.25, 0.3) is 16.6 Å². The maximum atomic E-state index is 13.2. The maximum Gasteiger partial charge on any atom is 0.328 e. The molecular weight excluding hydrogens is 783 g/mol. The zero-order valence-electron chi connectivity index (χ0n) is 36.8. The van der Waals surface area contributed by atoms with Crippen molar-refractivity contribution in [2.24, 2.45) is 23.1 Å². The number of fused-ring (bicyclic) bond motifs is 1. The van der Waals surface area contributed by atoms with Gasteiger partial charge in [-0.25, -0.2) is 4.79 Å². The summed E-state index contributed by atoms with van der Waals surface area (Å²) >= 11 is 0. The first-order valence-corrected chi connectivity index (χ1v) is 21.8. The SMILES string of the molecule is CO.Cc1cccc(C(=O)N2CCC(CN3CCC(n4c(C)cc5c(N6CCC(=O)NC6=O)cccc54)CC3)CC2)c1C.NC(N)=C(/C=C(\N)c1ccccc1)N1CCOCC1. The number of nitrogens with two attached hydrogens (primary N) is 3. The van der Waals surface area contributed by atoms with E-state index in [0.29, 0.717) is 43.8 Å². The average Bonchev–Trinajstić information content (AvgIpc) is 3.64. The molecule has 5 heterocycles. The number of anilines is 1. The molecule has 3 aromatic carbocycles. The number of nitrogens with zero attached hydrogens (tertiary/aromatic N) is 5. The van der Waals surface area contributed by atoms with E-state index in [1.807, 2.05) is 72.5 Å². The van der Waals surface area contributed by atoms with E-state index in [2.05, 4.69) is 51.7 Å². The Balaban J connectivity index is 0.000000256. The Labute approximate surface area is 365 Å². The second-order valence-corrected chi connectivity index (χ2v) is 16.5. The molecule has 4 amide bonds. The molecule has 4 aliphatic heterocycles. The molecule has 0 unspecified atom stereocenters. The normalized spacial score (nSPS) is 18.1. The fourth-order valence-corrected chi connectivity index (χ4v) is 9.10. The van der Waals surface area contributed by atoms with Crippen LogP contribution in [0.4, 0.5) is 10.5 Å². The van der Waals surface area contributed by atoms with Crippen LogP contribution >= 0.6 is 0 Å². The number of hydrogen-bond acceptors (Lipinski definition) is 10. The van der Waals surface area contributed by atoms with Crippen molar-refractivity contribution in [1.29, 1.82) is 0 Å². The third kappa shape index (κ3) is 10.8. The van der Waals surface area contributed by atoms with Crippen LogP contribution in [-0.4, -0.2) is 115 Å². The highest BCUT2D eigenvalue weighted by molar-refractivity contribution is 6.09. The number of aliphatic hydroxyl groups is 1. The van der Waals surface area contributed by atoms with Gasteiger partial charge in [0.05, 0.1) is 30.1 Å². The Morgan fingerprint density at radius 2 is 1.48 bits per heavy atom. The van der Waals surface area contributed by atoms with Crippen molar-refractivity contribution in [3.63, 3.8) is 0 Å². The highest BCUT2D eigenvalue weighted by atomic mass is 16.5. The van der Waals surface area contributed by atoms with E-state index in [1.54, 1.807) is 4.90 Å². The van der Waals surface area contributed by atoms with Crippen molar-refractivity contribution in [1.82, 2.24) is 24.6 Å². The summed E-state index contributed by atoms with van der Waals surface area (Å²) in [7, 11) is 1.00. The largest absolute Gasteiger partial charge is 0.400 e. The number of carbonyl (C=O) groups is 3. The fourth-order valence-electron chi connectivity index (χ4n) is 9.10. The van der Waals surface area contributed by atoms with Gasteiger partial charge in [0, 0.05) is 94.3 Å². The molecule has 8 N–H and O–H groups in total. The Morgan fingerprint density at radius 1 is 0.806 bits per heavy atom. The van der Waals surface area contributed by atoms with Crippen molar-refractivity contribution >= 4 is 40.1 Å². The van der Waals surface area contributed by atoms with Crippen LogP contribution in [-0.2, 0) is 9.53 Å². The van der Waals surface area contributed by atoms with Crippen LogP contribution in [0.2, 0.25) is 0 Å². The van der Waals surface area contributed by atoms with Gasteiger partial charge in [0.15, 0.2) is 0 Å². The van der Waals surface area contributed by atoms with Crippen molar-refractivity contribution in [2.45, 2.75) is 58.9 Å². The molecule has 0 radical (unpaired) electrons. The lowest BCUT2D eigenvalue weighted by Crippen LogP contribution is -2.49. The number of allylic oxidation sites excluding steroid dienone is 1. The quantitative estimate of drug-likeness (QED) is 0.147. The topological polar surface area (TPSA) is 189 Å². The minimum atomic E-state index is -0.340. The second kappa shape index (κ2) is 21.3. The summed E-state index contributed by atoms with van der Waals surface area (Å²) in [5.74, 6) is 0.877. The zero-order valence-corrected chi connectivity index (χ0v) is 36.8. The van der Waals surface area contributed by atoms with E-state index in [9.17, 15) is 14.4 Å². The molecule has 332 valence electrons. The van der Waals surface area contributed by atoms with E-state index >= 15 is 0 Å². The lowest BCUT2D eigenvalue weighted by Gasteiger charge is -2.38. The predicted octanol–water partition coefficient (Wildman–Crippen LogP) is 5.22. The number of piperidine rings is 2. The van der Waals surface area contributed by atoms with Gasteiger partial charge in [-0.2, -0.15) is 0 Å². The number of imide groups is 1. The van der Waals surface area contributed by atoms with Crippen molar-refractivity contribution in [3.05, 3.63) is 118 Å². The molecule has 4 aliphatic rings. The van der Waals surface area contributed by atoms with E-state index in [-0.39, 0.29) is 23.7 Å². The minimum Gasteiger partial charge on any atom is -0.400 e. The average molecular weight is 848 g/mol. The van der Waals surface area contributed by atoms with Crippen molar-refractivity contribution in [2.75, 3.05) is 77.6 Å². The molecule has 0 saturated carbocycles. The molecule has 8 rings (SSSR count). The number of nitrogens with one attached hydrogen (secondary N) is 1. The Morgan fingerprint density at radius 3 is 2.15 bits per heavy atom. The van der Waals surface area contributed by atoms with Crippen LogP contribution < -0.4 is 27.4 Å². The number of carbonyl (C=O) groups excluding carboxylic acids is 3. The Kier molecular flexibility index (Phi) is 15.7. The monoisotopic (exact) mass is 848 g/mol. The summed E-state index contributed by atoms with van der Waals surface area (Å²) in [6.07, 6.45) is 6.47. The third-order valence-corrected chi connectivity index (χ3v) is 12.6. The first kappa shape index (κ1) is 45.7. The smallest absolute Gasteiger partial charge is 0.328 e. The lowest BCUT2D eigenvalue weighted by atomic mass is 9.93. The molecule has 0 spiro atoms. The van der Waals surface area contributed by atoms with E-state index < -0.39 is 0 Å². The minimum absolute atomic E-state index is 0.178. The molecule has 62 heavy (non-hydrogen) atoms. The second-order valence-electron chi connectivity index (χ2n) is 16.5. The summed E-state index contributed by atoms with van der Waals surface area (Å²) in [5.41, 5.74) is 26.4. The number of urea groups is 1. The number of rotatable bonds is 8. The summed E-state index contributed by atoms with van der Waals surface area (Å²) in [5, 5.41) is 10.5. The van der Waals surface area contributed by atoms with Gasteiger partial charge in [-0.1, -0.05) is 48.5 Å². The summed E-state index contributed by atoms with van der Waals surface area (Å²) < 4.78 is 7.78. The molecule has 0 aliphatic carbocycles. The summed E-state index contributed by atoms with van der Waals surface area (Å²) in [6.45, 7) is 14.5. The van der Waals surface area contributed by atoms with E-state index in [1.165, 1.54) is 11.3 Å². The van der Waals surface area contributed by atoms with Gasteiger partial charge in [-0.15, -0.1) is 0 Å². The van der Waals surface area contributed by atoms with Crippen LogP contribution in [0.15, 0.2) is 90.4 Å². The van der Waals surface area contributed by atoms with Gasteiger partial charge >= 0.3 is 6.03 Å². The Bertz CT molecular complexity index is 2230. The Hall–Kier alpha value is -5.83. The molecule has 4 aromatic rings. The predicted molar refractivity (Wildman–Crippen MR) is 246 cm³/mol. The summed E-state index contributed by atoms with van der Waals surface area (Å²) in [4.78, 5) is 45.8. The summed E-state index contributed by atoms with van der Waals surface area (Å²) in [6, 6.07) is 24.2. The van der Waals surface area contributed by atoms with E-state index in [0.717, 1.165) is 118 Å². The first-order chi connectivity index (χ1) is 30.0. The maximum absolute atomic E-state index is 13.2. The third-order valence-electron chi connectivity index (χ3n) is 12.6. The molecule has 4 fully saturated rings. The van der Waals surface area contributed by atoms with Crippen molar-refractivity contribution in [3.8, 4) is 0 Å². The van der Waals surface area contributed by atoms with Gasteiger partial charge < -0.3 is 46.3 Å². The van der Waals surface area contributed by atoms with Crippen LogP contribution in [0.3, 0.4) is 0 Å². The number of ether oxygens (including phenoxy) is 1. The molecule has 4 saturated heterocycles. The number of aryl methyl sites for hydroxylation is 2. The number of hydrogen-bond donors (Lipinski definition) is 5. The highest BCUT2D eigenvalue weighted by Crippen LogP contribution is 2.36. The van der Waals surface area contributed by atoms with Gasteiger partial charge in [-0.3, -0.25) is 19.8 Å². The van der Waals surface area contributed by atoms with Crippen LogP contribution in [0.1, 0.15) is 70.9 Å². The molecule has 0 atom stereocenters. The number of amides is 4. The van der Waals surface area contributed by atoms with E-state index in [4.69, 9.17) is 27.0 Å². The highest BCUT2D eigenvalue weighted by Gasteiger charge is 2.30. The van der Waals surface area contributed by atoms with Crippen LogP contribution in [0, 0.1) is 26.7 Å². The van der Waals surface area contributed by atoms with Crippen molar-refractivity contribution < 1.29 is 24.2 Å². The number of aromatic nitrogens is 1. The standard InChI is InChI=1S/C33H41N5O3.C14H20N4O.CH4O/c1-22-6-4-7-27(24(22)3)32(40)36-17-10-25(11-18-36)21-35-15-12-26(13-16-35)38-23(2)20-28-29(8-5-9-30(28)38)37-19-14-31(39)34-33(37)41;15-12(11-4-2-1-3-5-11)10-13(14(16)17)18-6-8-19-9-7-18;1-2/h4-9,20,25-26H,10-19,21H2,1-3H3,(H,34,39,41);1-5,10H,6-9,15-17H2;2H,1H3/b;12-10-;. The molecule has 14 nitrogen and oxygen atoms in total. The fraction of sp³-hybridized carbons (Fsp3) is 0.438. The number of likely N-dealkylation sites (tertiary alicyclic amines) is 2. The zero-order chi connectivity index (χ0) is 44.3. The van der Waals surface area contributed by atoms with Gasteiger partial charge in [0.1, 0.15) is 5.82 Å². The molecule has 1 aromatic heterocycles. The van der Waals surface area contributed by atoms with Gasteiger partial charge in [-0.05, 0) is 99.4 Å². The molecule has 14 heteroatoms. The first-order valence-electron chi connectivity index (χ1n) is 21.8.